The van der Waals surface area contributed by atoms with E-state index in [2.05, 4.69) is 0 Å². The van der Waals surface area contributed by atoms with E-state index in [9.17, 15) is 0 Å². The fraction of sp³-hybridized carbons (Fsp3) is 0. The van der Waals surface area contributed by atoms with Crippen molar-refractivity contribution in [2.45, 2.75) is 0 Å². The first-order chi connectivity index (χ1) is 2.00. The van der Waals surface area contributed by atoms with Gasteiger partial charge in [0.1, 0.15) is 0 Å². The smallest absolute Gasteiger partial charge is 0.759 e. The summed E-state index contributed by atoms with van der Waals surface area (Å²) in [7, 11) is -5.17. The Morgan fingerprint density at radius 1 is 1.17 bits per heavy atom. The third kappa shape index (κ3) is 121. The first-order valence-corrected chi connectivity index (χ1v) is 2.00. The molecular weight excluding hydrogens is 141 g/mol. The molecule has 0 atom stereocenters. The van der Waals surface area contributed by atoms with Gasteiger partial charge in [-0.15, -0.1) is 0 Å². The van der Waals surface area contributed by atoms with Crippen LogP contribution in [-0.2, 0) is 36.2 Å². The Bertz CT molecular complexity index is 90.7. The summed E-state index contributed by atoms with van der Waals surface area (Å²) in [4.78, 5) is 0. The van der Waals surface area contributed by atoms with Crippen LogP contribution >= 0.6 is 0 Å². The van der Waals surface area contributed by atoms with Crippen LogP contribution < -0.4 is 0 Å². The molecule has 0 saturated carbocycles. The molecule has 0 aliphatic heterocycles. The molecule has 6 heavy (non-hydrogen) atoms. The van der Waals surface area contributed by atoms with Gasteiger partial charge in [-0.2, -0.15) is 0 Å². The maximum absolute atomic E-state index is 8.52. The predicted molar refractivity (Wildman–Crippen MR) is 10.5 cm³/mol. The van der Waals surface area contributed by atoms with Crippen molar-refractivity contribution in [2.75, 3.05) is 0 Å². The van der Waals surface area contributed by atoms with Crippen LogP contribution in [0.25, 0.3) is 0 Å². The Balaban J connectivity index is 0. The van der Waals surface area contributed by atoms with Gasteiger partial charge in [0.2, 0.25) is 0 Å². The third-order valence-electron chi connectivity index (χ3n) is 0. The summed E-state index contributed by atoms with van der Waals surface area (Å²) in [6, 6.07) is 0. The zero-order valence-corrected chi connectivity index (χ0v) is 5.24. The van der Waals surface area contributed by atoms with Crippen molar-refractivity contribution >= 4 is 10.4 Å². The van der Waals surface area contributed by atoms with Gasteiger partial charge < -0.3 is 9.11 Å². The van der Waals surface area contributed by atoms with Gasteiger partial charge in [-0.1, -0.05) is 0 Å². The maximum atomic E-state index is 8.52. The summed E-state index contributed by atoms with van der Waals surface area (Å²) in [6.45, 7) is 0. The summed E-state index contributed by atoms with van der Waals surface area (Å²) in [5, 5.41) is 0. The Hall–Kier alpha value is 0.740. The van der Waals surface area contributed by atoms with Gasteiger partial charge in [0.05, 0.1) is 0 Å². The van der Waals surface area contributed by atoms with Gasteiger partial charge in [0.25, 0.3) is 0 Å². The molecule has 0 spiro atoms. The second-order valence-corrected chi connectivity index (χ2v) is 1.22. The molecule has 0 saturated heterocycles. The fourth-order valence-electron chi connectivity index (χ4n) is 0. The first kappa shape index (κ1) is 9.88. The van der Waals surface area contributed by atoms with Crippen LogP contribution in [0, 0.1) is 0 Å². The summed E-state index contributed by atoms with van der Waals surface area (Å²) in [6.07, 6.45) is 0. The van der Waals surface area contributed by atoms with Gasteiger partial charge >= 0.3 is 25.8 Å². The molecule has 0 radical (unpaired) electrons. The SMILES string of the molecule is O=S(=O)([O-])[O-].[Sc+3]. The number of hydrogen-bond acceptors (Lipinski definition) is 4. The molecule has 0 fully saturated rings. The van der Waals surface area contributed by atoms with Crippen molar-refractivity contribution in [3.05, 3.63) is 0 Å². The van der Waals surface area contributed by atoms with Gasteiger partial charge in [0, 0.05) is 10.4 Å². The summed E-state index contributed by atoms with van der Waals surface area (Å²) >= 11 is 0. The summed E-state index contributed by atoms with van der Waals surface area (Å²) in [5.41, 5.74) is 0. The molecule has 4 nitrogen and oxygen atoms in total. The minimum absolute atomic E-state index is 0. The van der Waals surface area contributed by atoms with E-state index in [1.807, 2.05) is 0 Å². The van der Waals surface area contributed by atoms with Crippen LogP contribution in [0.4, 0.5) is 0 Å². The van der Waals surface area contributed by atoms with Crippen LogP contribution in [0.15, 0.2) is 0 Å². The van der Waals surface area contributed by atoms with Gasteiger partial charge in [0.15, 0.2) is 0 Å². The van der Waals surface area contributed by atoms with Crippen LogP contribution in [-0.4, -0.2) is 17.5 Å². The molecule has 0 aromatic rings. The predicted octanol–water partition coefficient (Wildman–Crippen LogP) is -1.34. The van der Waals surface area contributed by atoms with E-state index < -0.39 is 10.4 Å². The summed E-state index contributed by atoms with van der Waals surface area (Å²) in [5.74, 6) is 0. The fourth-order valence-corrected chi connectivity index (χ4v) is 0. The van der Waals surface area contributed by atoms with Crippen molar-refractivity contribution in [3.63, 3.8) is 0 Å². The van der Waals surface area contributed by atoms with E-state index in [1.54, 1.807) is 0 Å². The third-order valence-corrected chi connectivity index (χ3v) is 0. The Kier molecular flexibility index (Phi) is 4.68. The first-order valence-electron chi connectivity index (χ1n) is 0.667. The molecule has 0 heterocycles. The second-order valence-electron chi connectivity index (χ2n) is 0.408. The van der Waals surface area contributed by atoms with Crippen molar-refractivity contribution in [3.8, 4) is 0 Å². The number of hydrogen-bond donors (Lipinski definition) is 0. The van der Waals surface area contributed by atoms with Gasteiger partial charge in [-0.25, -0.2) is 0 Å². The van der Waals surface area contributed by atoms with E-state index >= 15 is 0 Å². The van der Waals surface area contributed by atoms with Crippen LogP contribution in [0.2, 0.25) is 0 Å². The average molecular weight is 141 g/mol. The molecule has 0 aromatic carbocycles. The topological polar surface area (TPSA) is 80.3 Å². The molecule has 0 bridgehead atoms. The van der Waals surface area contributed by atoms with Crippen LogP contribution in [0.3, 0.4) is 0 Å². The quantitative estimate of drug-likeness (QED) is 0.309. The maximum Gasteiger partial charge on any atom is 3.00 e. The minimum atomic E-state index is -5.17. The van der Waals surface area contributed by atoms with Crippen molar-refractivity contribution in [1.29, 1.82) is 0 Å². The van der Waals surface area contributed by atoms with Crippen molar-refractivity contribution < 1.29 is 43.4 Å². The minimum Gasteiger partial charge on any atom is -0.759 e. The number of rotatable bonds is 0. The molecule has 32 valence electrons. The molecule has 0 N–H and O–H groups in total. The molecule has 6 heteroatoms. The molecule has 0 aliphatic rings. The molecule has 0 aliphatic carbocycles. The Morgan fingerprint density at radius 2 is 1.17 bits per heavy atom. The second kappa shape index (κ2) is 2.84. The molecular formula is O4SSc+. The Morgan fingerprint density at radius 3 is 1.17 bits per heavy atom. The summed E-state index contributed by atoms with van der Waals surface area (Å²) < 4.78 is 34.1. The zero-order valence-electron chi connectivity index (χ0n) is 2.62. The van der Waals surface area contributed by atoms with Crippen LogP contribution in [0.1, 0.15) is 0 Å². The molecule has 0 aromatic heterocycles. The zero-order chi connectivity index (χ0) is 4.50. The normalized spacial score (nSPS) is 9.67. The van der Waals surface area contributed by atoms with E-state index in [1.165, 1.54) is 0 Å². The standard InChI is InChI=1S/H2O4S.Sc/c1-5(2,3)4;/h(H2,1,2,3,4);/q;+3/p-2. The van der Waals surface area contributed by atoms with Gasteiger partial charge in [-0.05, 0) is 0 Å². The van der Waals surface area contributed by atoms with Crippen molar-refractivity contribution in [2.24, 2.45) is 0 Å². The average Bonchev–Trinajstić information content (AvgIpc) is 0.722. The molecule has 0 rings (SSSR count). The van der Waals surface area contributed by atoms with E-state index in [0.717, 1.165) is 0 Å². The van der Waals surface area contributed by atoms with E-state index in [0.29, 0.717) is 0 Å². The Labute approximate surface area is 53.9 Å². The monoisotopic (exact) mass is 141 g/mol. The van der Waals surface area contributed by atoms with E-state index in [-0.39, 0.29) is 25.8 Å². The van der Waals surface area contributed by atoms with Crippen molar-refractivity contribution in [1.82, 2.24) is 0 Å². The van der Waals surface area contributed by atoms with Crippen LogP contribution in [0.5, 0.6) is 0 Å². The van der Waals surface area contributed by atoms with E-state index in [4.69, 9.17) is 17.5 Å². The molecule has 0 unspecified atom stereocenters. The largest absolute Gasteiger partial charge is 3.00 e. The molecule has 0 amide bonds. The van der Waals surface area contributed by atoms with Gasteiger partial charge in [-0.3, -0.25) is 8.42 Å².